The second-order valence-electron chi connectivity index (χ2n) is 4.08. The summed E-state index contributed by atoms with van der Waals surface area (Å²) >= 11 is 0. The number of nitrogens with zero attached hydrogens (tertiary/aromatic N) is 1. The van der Waals surface area contributed by atoms with Crippen LogP contribution in [-0.2, 0) is 16.0 Å². The van der Waals surface area contributed by atoms with Gasteiger partial charge in [0.1, 0.15) is 0 Å². The molecule has 1 aliphatic rings. The van der Waals surface area contributed by atoms with Crippen LogP contribution in [0.5, 0.6) is 0 Å². The lowest BCUT2D eigenvalue weighted by Crippen LogP contribution is -2.37. The fraction of sp³-hybridized carbons (Fsp3) is 0.462. The number of carbonyl (C=O) groups is 1. The summed E-state index contributed by atoms with van der Waals surface area (Å²) in [7, 11) is 0. The van der Waals surface area contributed by atoms with Crippen LogP contribution in [0.4, 0.5) is 5.69 Å². The van der Waals surface area contributed by atoms with Crippen molar-refractivity contribution in [2.75, 3.05) is 31.2 Å². The Morgan fingerprint density at radius 2 is 2.06 bits per heavy atom. The fourth-order valence-corrected chi connectivity index (χ4v) is 2.08. The van der Waals surface area contributed by atoms with E-state index in [-0.39, 0.29) is 5.91 Å². The van der Waals surface area contributed by atoms with E-state index in [1.165, 1.54) is 5.56 Å². The largest absolute Gasteiger partial charge is 0.378 e. The lowest BCUT2D eigenvalue weighted by Gasteiger charge is -2.29. The number of hydrogen-bond acceptors (Lipinski definition) is 3. The summed E-state index contributed by atoms with van der Waals surface area (Å²) in [6, 6.07) is 8.05. The van der Waals surface area contributed by atoms with Gasteiger partial charge in [0, 0.05) is 25.2 Å². The van der Waals surface area contributed by atoms with Crippen molar-refractivity contribution >= 4 is 11.6 Å². The highest BCUT2D eigenvalue weighted by atomic mass is 16.5. The Morgan fingerprint density at radius 1 is 1.24 bits per heavy atom. The van der Waals surface area contributed by atoms with E-state index >= 15 is 0 Å². The molecule has 1 amide bonds. The van der Waals surface area contributed by atoms with E-state index in [2.05, 4.69) is 6.07 Å². The first-order valence-corrected chi connectivity index (χ1v) is 5.99. The van der Waals surface area contributed by atoms with Crippen molar-refractivity contribution in [2.45, 2.75) is 12.8 Å². The van der Waals surface area contributed by atoms with Crippen molar-refractivity contribution in [1.82, 2.24) is 0 Å². The quantitative estimate of drug-likeness (QED) is 0.771. The highest BCUT2D eigenvalue weighted by molar-refractivity contribution is 5.96. The molecule has 4 nitrogen and oxygen atoms in total. The summed E-state index contributed by atoms with van der Waals surface area (Å²) in [5.74, 6) is 0.181. The number of ether oxygens (including phenoxy) is 1. The van der Waals surface area contributed by atoms with Crippen LogP contribution in [-0.4, -0.2) is 32.2 Å². The molecule has 0 aromatic heterocycles. The molecule has 0 radical (unpaired) electrons. The summed E-state index contributed by atoms with van der Waals surface area (Å²) in [6.07, 6.45) is 1.43. The van der Waals surface area contributed by atoms with Gasteiger partial charge in [-0.15, -0.1) is 0 Å². The van der Waals surface area contributed by atoms with E-state index < -0.39 is 0 Å². The number of amides is 1. The van der Waals surface area contributed by atoms with Crippen LogP contribution in [0.3, 0.4) is 0 Å². The molecule has 4 heteroatoms. The molecule has 1 aromatic carbocycles. The molecular formula is C13H18N2O2. The van der Waals surface area contributed by atoms with Gasteiger partial charge in [-0.3, -0.25) is 4.79 Å². The van der Waals surface area contributed by atoms with Gasteiger partial charge in [-0.1, -0.05) is 18.2 Å². The van der Waals surface area contributed by atoms with Gasteiger partial charge in [0.15, 0.2) is 0 Å². The van der Waals surface area contributed by atoms with Gasteiger partial charge >= 0.3 is 0 Å². The van der Waals surface area contributed by atoms with Crippen LogP contribution in [0.15, 0.2) is 24.3 Å². The molecule has 0 unspecified atom stereocenters. The third-order valence-corrected chi connectivity index (χ3v) is 2.91. The first-order valence-electron chi connectivity index (χ1n) is 5.99. The number of para-hydroxylation sites is 1. The van der Waals surface area contributed by atoms with Crippen LogP contribution >= 0.6 is 0 Å². The van der Waals surface area contributed by atoms with E-state index in [1.807, 2.05) is 23.1 Å². The number of carbonyl (C=O) groups excluding carboxylic acids is 1. The Bertz CT molecular complexity index is 393. The topological polar surface area (TPSA) is 55.6 Å². The molecular weight excluding hydrogens is 216 g/mol. The molecule has 2 rings (SSSR count). The average Bonchev–Trinajstić information content (AvgIpc) is 2.37. The molecule has 1 heterocycles. The Labute approximate surface area is 101 Å². The third kappa shape index (κ3) is 2.84. The van der Waals surface area contributed by atoms with Gasteiger partial charge in [0.2, 0.25) is 5.91 Å². The van der Waals surface area contributed by atoms with Crippen LogP contribution in [0.25, 0.3) is 0 Å². The Morgan fingerprint density at radius 3 is 2.88 bits per heavy atom. The summed E-state index contributed by atoms with van der Waals surface area (Å²) in [5, 5.41) is 0. The van der Waals surface area contributed by atoms with Crippen LogP contribution in [0.1, 0.15) is 12.0 Å². The molecule has 1 aromatic rings. The molecule has 0 saturated carbocycles. The molecule has 92 valence electrons. The number of anilines is 1. The Kier molecular flexibility index (Phi) is 4.12. The number of fused-ring (bicyclic) bond motifs is 1. The van der Waals surface area contributed by atoms with Gasteiger partial charge in [-0.2, -0.15) is 0 Å². The monoisotopic (exact) mass is 234 g/mol. The smallest absolute Gasteiger partial charge is 0.227 e. The van der Waals surface area contributed by atoms with Gasteiger partial charge in [0.05, 0.1) is 13.2 Å². The lowest BCUT2D eigenvalue weighted by atomic mass is 10.0. The number of nitrogens with two attached hydrogens (primary N) is 1. The standard InChI is InChI=1S/C13H18N2O2/c14-7-9-17-10-8-15-12-4-2-1-3-11(12)5-6-13(15)16/h1-4H,5-10,14H2. The number of hydrogen-bond donors (Lipinski definition) is 1. The fourth-order valence-electron chi connectivity index (χ4n) is 2.08. The molecule has 1 aliphatic heterocycles. The van der Waals surface area contributed by atoms with Gasteiger partial charge in [-0.25, -0.2) is 0 Å². The normalized spacial score (nSPS) is 14.9. The molecule has 0 atom stereocenters. The maximum atomic E-state index is 11.9. The van der Waals surface area contributed by atoms with Crippen molar-refractivity contribution < 1.29 is 9.53 Å². The van der Waals surface area contributed by atoms with E-state index in [1.54, 1.807) is 0 Å². The zero-order chi connectivity index (χ0) is 12.1. The van der Waals surface area contributed by atoms with Crippen LogP contribution < -0.4 is 10.6 Å². The highest BCUT2D eigenvalue weighted by Gasteiger charge is 2.22. The second kappa shape index (κ2) is 5.80. The summed E-state index contributed by atoms with van der Waals surface area (Å²) in [6.45, 7) is 2.21. The lowest BCUT2D eigenvalue weighted by molar-refractivity contribution is -0.119. The van der Waals surface area contributed by atoms with E-state index in [0.29, 0.717) is 32.7 Å². The summed E-state index contributed by atoms with van der Waals surface area (Å²) in [4.78, 5) is 13.7. The first-order chi connectivity index (χ1) is 8.33. The second-order valence-corrected chi connectivity index (χ2v) is 4.08. The summed E-state index contributed by atoms with van der Waals surface area (Å²) < 4.78 is 5.33. The van der Waals surface area contributed by atoms with E-state index in [0.717, 1.165) is 12.1 Å². The minimum atomic E-state index is 0.181. The maximum absolute atomic E-state index is 11.9. The first kappa shape index (κ1) is 12.1. The third-order valence-electron chi connectivity index (χ3n) is 2.91. The molecule has 0 bridgehead atoms. The zero-order valence-electron chi connectivity index (χ0n) is 9.89. The molecule has 0 spiro atoms. The molecule has 0 aliphatic carbocycles. The van der Waals surface area contributed by atoms with Crippen molar-refractivity contribution in [3.63, 3.8) is 0 Å². The predicted molar refractivity (Wildman–Crippen MR) is 67.0 cm³/mol. The van der Waals surface area contributed by atoms with Gasteiger partial charge in [0.25, 0.3) is 0 Å². The molecule has 0 fully saturated rings. The average molecular weight is 234 g/mol. The number of aryl methyl sites for hydroxylation is 1. The van der Waals surface area contributed by atoms with Crippen molar-refractivity contribution in [1.29, 1.82) is 0 Å². The minimum Gasteiger partial charge on any atom is -0.378 e. The summed E-state index contributed by atoms with van der Waals surface area (Å²) in [5.41, 5.74) is 7.62. The minimum absolute atomic E-state index is 0.181. The van der Waals surface area contributed by atoms with Crippen molar-refractivity contribution in [2.24, 2.45) is 5.73 Å². The van der Waals surface area contributed by atoms with E-state index in [9.17, 15) is 4.79 Å². The Hall–Kier alpha value is -1.39. The van der Waals surface area contributed by atoms with Crippen LogP contribution in [0.2, 0.25) is 0 Å². The van der Waals surface area contributed by atoms with Gasteiger partial charge in [-0.05, 0) is 18.1 Å². The maximum Gasteiger partial charge on any atom is 0.227 e. The highest BCUT2D eigenvalue weighted by Crippen LogP contribution is 2.26. The predicted octanol–water partition coefficient (Wildman–Crippen LogP) is 0.941. The van der Waals surface area contributed by atoms with Crippen molar-refractivity contribution in [3.05, 3.63) is 29.8 Å². The number of benzene rings is 1. The van der Waals surface area contributed by atoms with Gasteiger partial charge < -0.3 is 15.4 Å². The van der Waals surface area contributed by atoms with Crippen LogP contribution in [0, 0.1) is 0 Å². The Balaban J connectivity index is 2.02. The SMILES string of the molecule is NCCOCCN1C(=O)CCc2ccccc21. The number of rotatable bonds is 5. The molecule has 0 saturated heterocycles. The van der Waals surface area contributed by atoms with Crippen molar-refractivity contribution in [3.8, 4) is 0 Å². The molecule has 17 heavy (non-hydrogen) atoms. The van der Waals surface area contributed by atoms with E-state index in [4.69, 9.17) is 10.5 Å². The molecule has 2 N–H and O–H groups in total. The zero-order valence-corrected chi connectivity index (χ0v) is 9.89.